The van der Waals surface area contributed by atoms with E-state index in [1.54, 1.807) is 24.3 Å². The van der Waals surface area contributed by atoms with Gasteiger partial charge in [-0.2, -0.15) is 0 Å². The monoisotopic (exact) mass is 454 g/mol. The van der Waals surface area contributed by atoms with Crippen molar-refractivity contribution in [1.82, 2.24) is 9.62 Å². The second-order valence-electron chi connectivity index (χ2n) is 8.85. The largest absolute Gasteiger partial charge is 0.335 e. The topological polar surface area (TPSA) is 83.5 Å². The van der Waals surface area contributed by atoms with Gasteiger partial charge in [-0.1, -0.05) is 37.1 Å². The van der Waals surface area contributed by atoms with Crippen molar-refractivity contribution in [2.75, 3.05) is 6.54 Å². The zero-order chi connectivity index (χ0) is 22.7. The average molecular weight is 455 g/mol. The van der Waals surface area contributed by atoms with Gasteiger partial charge < -0.3 is 4.90 Å². The van der Waals surface area contributed by atoms with Crippen LogP contribution in [-0.4, -0.2) is 37.6 Å². The van der Waals surface area contributed by atoms with Crippen LogP contribution in [0, 0.1) is 5.92 Å². The number of nitrogens with one attached hydrogen (secondary N) is 1. The number of amides is 1. The van der Waals surface area contributed by atoms with E-state index in [0.29, 0.717) is 23.1 Å². The van der Waals surface area contributed by atoms with Crippen LogP contribution in [0.5, 0.6) is 0 Å². The molecular formula is C25H30N2O4S. The summed E-state index contributed by atoms with van der Waals surface area (Å²) < 4.78 is 27.7. The molecule has 1 heterocycles. The highest BCUT2D eigenvalue weighted by atomic mass is 32.2. The second kappa shape index (κ2) is 9.55. The van der Waals surface area contributed by atoms with E-state index in [2.05, 4.69) is 9.62 Å². The molecule has 2 aliphatic rings. The van der Waals surface area contributed by atoms with E-state index in [9.17, 15) is 18.0 Å². The van der Waals surface area contributed by atoms with E-state index >= 15 is 0 Å². The van der Waals surface area contributed by atoms with Crippen molar-refractivity contribution in [2.45, 2.75) is 62.9 Å². The van der Waals surface area contributed by atoms with Crippen molar-refractivity contribution >= 4 is 21.7 Å². The maximum absolute atomic E-state index is 13.1. The summed E-state index contributed by atoms with van der Waals surface area (Å²) in [6.45, 7) is 2.39. The molecule has 0 spiro atoms. The molecule has 2 aromatic carbocycles. The molecule has 1 atom stereocenters. The second-order valence-corrected chi connectivity index (χ2v) is 10.6. The lowest BCUT2D eigenvalue weighted by atomic mass is 9.95. The standard InChI is InChI=1S/C25H30N2O4S/c1-18(28)20-12-14-23(15-13-20)32(30,31)26-17-19-8-10-22(11-9-19)25(29)27-16-4-7-24(27)21-5-2-3-6-21/h8-15,21,24,26H,2-7,16-17H2,1H3. The first kappa shape index (κ1) is 22.7. The van der Waals surface area contributed by atoms with Crippen molar-refractivity contribution in [3.8, 4) is 0 Å². The van der Waals surface area contributed by atoms with Gasteiger partial charge in [0.2, 0.25) is 10.0 Å². The molecule has 4 rings (SSSR count). The molecule has 1 aliphatic heterocycles. The fraction of sp³-hybridized carbons (Fsp3) is 0.440. The number of hydrogen-bond donors (Lipinski definition) is 1. The summed E-state index contributed by atoms with van der Waals surface area (Å²) >= 11 is 0. The number of carbonyl (C=O) groups is 2. The summed E-state index contributed by atoms with van der Waals surface area (Å²) in [5, 5.41) is 0. The predicted molar refractivity (Wildman–Crippen MR) is 123 cm³/mol. The minimum Gasteiger partial charge on any atom is -0.335 e. The molecule has 1 N–H and O–H groups in total. The zero-order valence-corrected chi connectivity index (χ0v) is 19.2. The van der Waals surface area contributed by atoms with Crippen molar-refractivity contribution in [1.29, 1.82) is 0 Å². The first-order valence-corrected chi connectivity index (χ1v) is 12.8. The molecule has 0 bridgehead atoms. The highest BCUT2D eigenvalue weighted by Crippen LogP contribution is 2.36. The first-order chi connectivity index (χ1) is 15.3. The number of rotatable bonds is 7. The molecule has 1 amide bonds. The van der Waals surface area contributed by atoms with Crippen LogP contribution in [0.25, 0.3) is 0 Å². The fourth-order valence-electron chi connectivity index (χ4n) is 4.94. The molecule has 32 heavy (non-hydrogen) atoms. The van der Waals surface area contributed by atoms with Gasteiger partial charge in [-0.15, -0.1) is 0 Å². The van der Waals surface area contributed by atoms with Gasteiger partial charge in [0.1, 0.15) is 0 Å². The molecule has 170 valence electrons. The molecule has 0 aromatic heterocycles. The van der Waals surface area contributed by atoms with Gasteiger partial charge in [-0.3, -0.25) is 9.59 Å². The summed E-state index contributed by atoms with van der Waals surface area (Å²) in [4.78, 5) is 26.6. The van der Waals surface area contributed by atoms with E-state index in [0.717, 1.165) is 24.9 Å². The maximum atomic E-state index is 13.1. The van der Waals surface area contributed by atoms with Crippen molar-refractivity contribution in [3.63, 3.8) is 0 Å². The van der Waals surface area contributed by atoms with Gasteiger partial charge in [-0.25, -0.2) is 13.1 Å². The summed E-state index contributed by atoms with van der Waals surface area (Å²) in [6, 6.07) is 13.4. The Morgan fingerprint density at radius 3 is 2.16 bits per heavy atom. The highest BCUT2D eigenvalue weighted by molar-refractivity contribution is 7.89. The number of carbonyl (C=O) groups excluding carboxylic acids is 2. The van der Waals surface area contributed by atoms with Crippen molar-refractivity contribution in [2.24, 2.45) is 5.92 Å². The maximum Gasteiger partial charge on any atom is 0.254 e. The van der Waals surface area contributed by atoms with Crippen LogP contribution < -0.4 is 4.72 Å². The van der Waals surface area contributed by atoms with Gasteiger partial charge in [0.25, 0.3) is 5.91 Å². The molecule has 1 aliphatic carbocycles. The Bertz CT molecular complexity index is 1070. The Kier molecular flexibility index (Phi) is 6.76. The third-order valence-electron chi connectivity index (χ3n) is 6.74. The molecule has 0 radical (unpaired) electrons. The summed E-state index contributed by atoms with van der Waals surface area (Å²) in [6.07, 6.45) is 7.17. The summed E-state index contributed by atoms with van der Waals surface area (Å²) in [5.74, 6) is 0.608. The van der Waals surface area contributed by atoms with Gasteiger partial charge in [0, 0.05) is 30.3 Å². The molecule has 1 saturated carbocycles. The van der Waals surface area contributed by atoms with E-state index in [-0.39, 0.29) is 23.1 Å². The first-order valence-electron chi connectivity index (χ1n) is 11.4. The molecule has 7 heteroatoms. The molecular weight excluding hydrogens is 424 g/mol. The van der Waals surface area contributed by atoms with Crippen molar-refractivity contribution in [3.05, 3.63) is 65.2 Å². The number of likely N-dealkylation sites (tertiary alicyclic amines) is 1. The summed E-state index contributed by atoms with van der Waals surface area (Å²) in [7, 11) is -3.69. The quantitative estimate of drug-likeness (QED) is 0.637. The number of nitrogens with zero attached hydrogens (tertiary/aromatic N) is 1. The molecule has 1 saturated heterocycles. The smallest absolute Gasteiger partial charge is 0.254 e. The molecule has 1 unspecified atom stereocenters. The number of sulfonamides is 1. The Labute approximate surface area is 190 Å². The third-order valence-corrected chi connectivity index (χ3v) is 8.16. The Morgan fingerprint density at radius 1 is 0.906 bits per heavy atom. The lowest BCUT2D eigenvalue weighted by molar-refractivity contribution is 0.0689. The van der Waals surface area contributed by atoms with Crippen LogP contribution in [0.2, 0.25) is 0 Å². The van der Waals surface area contributed by atoms with Gasteiger partial charge in [0.05, 0.1) is 4.90 Å². The van der Waals surface area contributed by atoms with Crippen LogP contribution >= 0.6 is 0 Å². The van der Waals surface area contributed by atoms with Gasteiger partial charge in [-0.05, 0) is 68.4 Å². The predicted octanol–water partition coefficient (Wildman–Crippen LogP) is 4.16. The molecule has 6 nitrogen and oxygen atoms in total. The Balaban J connectivity index is 1.38. The summed E-state index contributed by atoms with van der Waals surface area (Å²) in [5.41, 5.74) is 1.90. The van der Waals surface area contributed by atoms with Gasteiger partial charge in [0.15, 0.2) is 5.78 Å². The number of ketones is 1. The number of hydrogen-bond acceptors (Lipinski definition) is 4. The normalized spacial score (nSPS) is 19.4. The Morgan fingerprint density at radius 2 is 1.53 bits per heavy atom. The minimum atomic E-state index is -3.69. The van der Waals surface area contributed by atoms with Crippen LogP contribution in [0.3, 0.4) is 0 Å². The molecule has 2 aromatic rings. The van der Waals surface area contributed by atoms with Crippen LogP contribution in [-0.2, 0) is 16.6 Å². The van der Waals surface area contributed by atoms with E-state index < -0.39 is 10.0 Å². The lowest BCUT2D eigenvalue weighted by Crippen LogP contribution is -2.39. The van der Waals surface area contributed by atoms with Crippen LogP contribution in [0.4, 0.5) is 0 Å². The third kappa shape index (κ3) is 4.94. The Hall–Kier alpha value is -2.51. The average Bonchev–Trinajstić information content (AvgIpc) is 3.49. The van der Waals surface area contributed by atoms with Crippen LogP contribution in [0.1, 0.15) is 71.7 Å². The lowest BCUT2D eigenvalue weighted by Gasteiger charge is -2.29. The molecule has 2 fully saturated rings. The van der Waals surface area contributed by atoms with E-state index in [1.165, 1.54) is 56.9 Å². The fourth-order valence-corrected chi connectivity index (χ4v) is 5.96. The SMILES string of the molecule is CC(=O)c1ccc(S(=O)(=O)NCc2ccc(C(=O)N3CCCC3C3CCCC3)cc2)cc1. The van der Waals surface area contributed by atoms with Crippen molar-refractivity contribution < 1.29 is 18.0 Å². The number of Topliss-reactive ketones (excluding diaryl/α,β-unsaturated/α-hetero) is 1. The van der Waals surface area contributed by atoms with Crippen LogP contribution in [0.15, 0.2) is 53.4 Å². The zero-order valence-electron chi connectivity index (χ0n) is 18.4. The number of benzene rings is 2. The van der Waals surface area contributed by atoms with E-state index in [4.69, 9.17) is 0 Å². The minimum absolute atomic E-state index is 0.0806. The van der Waals surface area contributed by atoms with E-state index in [1.807, 2.05) is 0 Å². The highest BCUT2D eigenvalue weighted by Gasteiger charge is 2.36. The van der Waals surface area contributed by atoms with Gasteiger partial charge >= 0.3 is 0 Å².